The maximum atomic E-state index is 14.1. The molecule has 0 saturated carbocycles. The first-order valence-corrected chi connectivity index (χ1v) is 7.16. The van der Waals surface area contributed by atoms with Crippen LogP contribution in [0.5, 0.6) is 0 Å². The van der Waals surface area contributed by atoms with Crippen molar-refractivity contribution in [3.63, 3.8) is 0 Å². The standard InChI is InChI=1S/C15H22FN3O/c1-2-10-4-3-6-19(7-5-10)14-8-11(15(18)20)13(17)9-12(14)16/h8-10H,2-7,17H2,1H3,(H2,18,20). The number of nitrogens with zero attached hydrogens (tertiary/aromatic N) is 1. The Morgan fingerprint density at radius 3 is 2.80 bits per heavy atom. The molecule has 1 aliphatic rings. The van der Waals surface area contributed by atoms with Crippen LogP contribution in [0.1, 0.15) is 43.0 Å². The summed E-state index contributed by atoms with van der Waals surface area (Å²) in [6.45, 7) is 3.79. The summed E-state index contributed by atoms with van der Waals surface area (Å²) in [6, 6.07) is 2.68. The lowest BCUT2D eigenvalue weighted by molar-refractivity contribution is 0.100. The number of rotatable bonds is 3. The number of carbonyl (C=O) groups is 1. The van der Waals surface area contributed by atoms with Crippen molar-refractivity contribution in [3.05, 3.63) is 23.5 Å². The molecule has 1 amide bonds. The molecule has 0 aliphatic carbocycles. The second-order valence-corrected chi connectivity index (χ2v) is 5.45. The average Bonchev–Trinajstić information content (AvgIpc) is 2.63. The molecule has 0 spiro atoms. The molecule has 20 heavy (non-hydrogen) atoms. The van der Waals surface area contributed by atoms with E-state index < -0.39 is 5.91 Å². The van der Waals surface area contributed by atoms with Gasteiger partial charge in [-0.1, -0.05) is 13.3 Å². The summed E-state index contributed by atoms with van der Waals surface area (Å²) in [5, 5.41) is 0. The zero-order valence-corrected chi connectivity index (χ0v) is 11.9. The predicted molar refractivity (Wildman–Crippen MR) is 79.2 cm³/mol. The highest BCUT2D eigenvalue weighted by Gasteiger charge is 2.20. The number of amides is 1. The normalized spacial score (nSPS) is 19.7. The summed E-state index contributed by atoms with van der Waals surface area (Å²) in [6.07, 6.45) is 4.41. The molecular weight excluding hydrogens is 257 g/mol. The molecule has 1 aromatic rings. The zero-order valence-electron chi connectivity index (χ0n) is 11.9. The van der Waals surface area contributed by atoms with Crippen molar-refractivity contribution < 1.29 is 9.18 Å². The van der Waals surface area contributed by atoms with Gasteiger partial charge in [0.1, 0.15) is 5.82 Å². The summed E-state index contributed by atoms with van der Waals surface area (Å²) < 4.78 is 14.1. The van der Waals surface area contributed by atoms with Crippen molar-refractivity contribution in [1.29, 1.82) is 0 Å². The lowest BCUT2D eigenvalue weighted by Gasteiger charge is -2.24. The highest BCUT2D eigenvalue weighted by atomic mass is 19.1. The molecule has 1 unspecified atom stereocenters. The molecule has 1 saturated heterocycles. The molecule has 1 heterocycles. The van der Waals surface area contributed by atoms with E-state index in [-0.39, 0.29) is 17.1 Å². The number of carbonyl (C=O) groups excluding carboxylic acids is 1. The number of halogens is 1. The van der Waals surface area contributed by atoms with Crippen LogP contribution in [0.4, 0.5) is 15.8 Å². The number of anilines is 2. The zero-order chi connectivity index (χ0) is 14.7. The maximum absolute atomic E-state index is 14.1. The summed E-state index contributed by atoms with van der Waals surface area (Å²) in [4.78, 5) is 13.3. The molecule has 0 bridgehead atoms. The number of primary amides is 1. The number of hydrogen-bond donors (Lipinski definition) is 2. The minimum atomic E-state index is -0.620. The highest BCUT2D eigenvalue weighted by molar-refractivity contribution is 5.99. The maximum Gasteiger partial charge on any atom is 0.250 e. The van der Waals surface area contributed by atoms with Crippen LogP contribution in [0.25, 0.3) is 0 Å². The summed E-state index contributed by atoms with van der Waals surface area (Å²) >= 11 is 0. The Bertz CT molecular complexity index is 504. The fourth-order valence-electron chi connectivity index (χ4n) is 2.85. The fraction of sp³-hybridized carbons (Fsp3) is 0.533. The Hall–Kier alpha value is -1.78. The van der Waals surface area contributed by atoms with Crippen LogP contribution < -0.4 is 16.4 Å². The van der Waals surface area contributed by atoms with Gasteiger partial charge in [-0.15, -0.1) is 0 Å². The van der Waals surface area contributed by atoms with Crippen molar-refractivity contribution in [2.75, 3.05) is 23.7 Å². The van der Waals surface area contributed by atoms with E-state index in [0.29, 0.717) is 11.6 Å². The molecule has 1 aliphatic heterocycles. The first-order valence-electron chi connectivity index (χ1n) is 7.16. The van der Waals surface area contributed by atoms with E-state index in [4.69, 9.17) is 11.5 Å². The molecule has 1 atom stereocenters. The van der Waals surface area contributed by atoms with E-state index in [2.05, 4.69) is 6.92 Å². The largest absolute Gasteiger partial charge is 0.398 e. The van der Waals surface area contributed by atoms with Crippen LogP contribution in [0.3, 0.4) is 0 Å². The molecule has 2 rings (SSSR count). The van der Waals surface area contributed by atoms with Gasteiger partial charge in [0.25, 0.3) is 5.91 Å². The fourth-order valence-corrected chi connectivity index (χ4v) is 2.85. The minimum Gasteiger partial charge on any atom is -0.398 e. The number of hydrogen-bond acceptors (Lipinski definition) is 3. The quantitative estimate of drug-likeness (QED) is 0.835. The van der Waals surface area contributed by atoms with Crippen LogP contribution in [0.15, 0.2) is 12.1 Å². The lowest BCUT2D eigenvalue weighted by atomic mass is 9.98. The van der Waals surface area contributed by atoms with Gasteiger partial charge in [-0.25, -0.2) is 4.39 Å². The molecule has 1 fully saturated rings. The molecule has 4 nitrogen and oxygen atoms in total. The van der Waals surface area contributed by atoms with Gasteiger partial charge in [0, 0.05) is 18.8 Å². The van der Waals surface area contributed by atoms with Crippen LogP contribution in [0.2, 0.25) is 0 Å². The highest BCUT2D eigenvalue weighted by Crippen LogP contribution is 2.29. The number of nitrogens with two attached hydrogens (primary N) is 2. The minimum absolute atomic E-state index is 0.0972. The molecule has 110 valence electrons. The van der Waals surface area contributed by atoms with Crippen molar-refractivity contribution in [3.8, 4) is 0 Å². The predicted octanol–water partition coefficient (Wildman–Crippen LogP) is 2.52. The SMILES string of the molecule is CCC1CCCN(c2cc(C(N)=O)c(N)cc2F)CC1. The molecule has 0 radical (unpaired) electrons. The van der Waals surface area contributed by atoms with Crippen molar-refractivity contribution in [2.45, 2.75) is 32.6 Å². The molecule has 5 heteroatoms. The number of benzene rings is 1. The van der Waals surface area contributed by atoms with Gasteiger partial charge in [-0.05, 0) is 37.3 Å². The van der Waals surface area contributed by atoms with Crippen molar-refractivity contribution >= 4 is 17.3 Å². The third kappa shape index (κ3) is 3.03. The van der Waals surface area contributed by atoms with Crippen LogP contribution >= 0.6 is 0 Å². The summed E-state index contributed by atoms with van der Waals surface area (Å²) in [5.74, 6) is -0.306. The van der Waals surface area contributed by atoms with E-state index in [0.717, 1.165) is 32.4 Å². The first kappa shape index (κ1) is 14.6. The third-order valence-corrected chi connectivity index (χ3v) is 4.15. The molecule has 4 N–H and O–H groups in total. The van der Waals surface area contributed by atoms with Gasteiger partial charge in [0.15, 0.2) is 0 Å². The van der Waals surface area contributed by atoms with Crippen LogP contribution in [-0.2, 0) is 0 Å². The topological polar surface area (TPSA) is 72.3 Å². The summed E-state index contributed by atoms with van der Waals surface area (Å²) in [7, 11) is 0. The molecule has 1 aromatic carbocycles. The van der Waals surface area contributed by atoms with Gasteiger partial charge in [-0.2, -0.15) is 0 Å². The Morgan fingerprint density at radius 1 is 1.40 bits per heavy atom. The van der Waals surface area contributed by atoms with Crippen LogP contribution in [0, 0.1) is 11.7 Å². The van der Waals surface area contributed by atoms with Gasteiger partial charge < -0.3 is 16.4 Å². The van der Waals surface area contributed by atoms with Gasteiger partial charge in [0.05, 0.1) is 11.3 Å². The van der Waals surface area contributed by atoms with Gasteiger partial charge in [-0.3, -0.25) is 4.79 Å². The Balaban J connectivity index is 2.27. The van der Waals surface area contributed by atoms with Crippen molar-refractivity contribution in [2.24, 2.45) is 11.7 Å². The van der Waals surface area contributed by atoms with E-state index in [1.54, 1.807) is 0 Å². The van der Waals surface area contributed by atoms with Gasteiger partial charge in [0.2, 0.25) is 0 Å². The average molecular weight is 279 g/mol. The Morgan fingerprint density at radius 2 is 2.15 bits per heavy atom. The van der Waals surface area contributed by atoms with Gasteiger partial charge >= 0.3 is 0 Å². The Kier molecular flexibility index (Phi) is 4.47. The second-order valence-electron chi connectivity index (χ2n) is 5.45. The van der Waals surface area contributed by atoms with Crippen LogP contribution in [-0.4, -0.2) is 19.0 Å². The van der Waals surface area contributed by atoms with Crippen molar-refractivity contribution in [1.82, 2.24) is 0 Å². The third-order valence-electron chi connectivity index (χ3n) is 4.15. The molecular formula is C15H22FN3O. The monoisotopic (exact) mass is 279 g/mol. The lowest BCUT2D eigenvalue weighted by Crippen LogP contribution is -2.26. The smallest absolute Gasteiger partial charge is 0.250 e. The number of nitrogen functional groups attached to an aromatic ring is 1. The van der Waals surface area contributed by atoms with E-state index in [1.165, 1.54) is 18.6 Å². The summed E-state index contributed by atoms with van der Waals surface area (Å²) in [5.41, 5.74) is 11.6. The second kappa shape index (κ2) is 6.11. The Labute approximate surface area is 118 Å². The van der Waals surface area contributed by atoms with E-state index >= 15 is 0 Å². The molecule has 0 aromatic heterocycles. The first-order chi connectivity index (χ1) is 9.52. The van der Waals surface area contributed by atoms with E-state index in [9.17, 15) is 9.18 Å². The van der Waals surface area contributed by atoms with E-state index in [1.807, 2.05) is 4.90 Å².